The molecule has 0 unspecified atom stereocenters. The number of nitrogens with two attached hydrogens (primary N) is 1. The van der Waals surface area contributed by atoms with Gasteiger partial charge in [-0.1, -0.05) is 41.5 Å². The van der Waals surface area contributed by atoms with Gasteiger partial charge in [0.2, 0.25) is 0 Å². The summed E-state index contributed by atoms with van der Waals surface area (Å²) in [5.41, 5.74) is 6.50. The Morgan fingerprint density at radius 1 is 1.35 bits per heavy atom. The zero-order valence-corrected chi connectivity index (χ0v) is 12.2. The van der Waals surface area contributed by atoms with E-state index in [1.165, 1.54) is 0 Å². The third-order valence-corrected chi connectivity index (χ3v) is 3.35. The summed E-state index contributed by atoms with van der Waals surface area (Å²) in [7, 11) is 0. The topological polar surface area (TPSA) is 29.3 Å². The minimum Gasteiger partial charge on any atom is -0.392 e. The van der Waals surface area contributed by atoms with Gasteiger partial charge in [-0.3, -0.25) is 4.90 Å². The maximum absolute atomic E-state index is 6.14. The molecule has 0 fully saturated rings. The van der Waals surface area contributed by atoms with E-state index in [2.05, 4.69) is 18.7 Å². The van der Waals surface area contributed by atoms with Crippen molar-refractivity contribution in [1.29, 1.82) is 0 Å². The van der Waals surface area contributed by atoms with Crippen LogP contribution in [0.5, 0.6) is 0 Å². The summed E-state index contributed by atoms with van der Waals surface area (Å²) in [6.45, 7) is 5.38. The Balaban J connectivity index is 2.89. The van der Waals surface area contributed by atoms with Gasteiger partial charge in [0, 0.05) is 34.7 Å². The fourth-order valence-electron chi connectivity index (χ4n) is 1.51. The van der Waals surface area contributed by atoms with Crippen molar-refractivity contribution in [1.82, 2.24) is 4.90 Å². The average Bonchev–Trinajstić information content (AvgIpc) is 2.21. The van der Waals surface area contributed by atoms with E-state index in [1.54, 1.807) is 0 Å². The van der Waals surface area contributed by atoms with Crippen molar-refractivity contribution in [2.45, 2.75) is 26.4 Å². The lowest BCUT2D eigenvalue weighted by molar-refractivity contribution is 0.245. The monoisotopic (exact) mass is 290 g/mol. The molecule has 0 bridgehead atoms. The van der Waals surface area contributed by atoms with Crippen molar-refractivity contribution in [2.75, 3.05) is 6.54 Å². The molecule has 2 N–H and O–H groups in total. The second kappa shape index (κ2) is 6.55. The quantitative estimate of drug-likeness (QED) is 0.842. The fourth-order valence-corrected chi connectivity index (χ4v) is 2.19. The van der Waals surface area contributed by atoms with Gasteiger partial charge in [0.15, 0.2) is 0 Å². The molecule has 0 radical (unpaired) electrons. The Labute approximate surface area is 118 Å². The van der Waals surface area contributed by atoms with Crippen LogP contribution in [-0.4, -0.2) is 22.5 Å². The van der Waals surface area contributed by atoms with Crippen LogP contribution in [-0.2, 0) is 6.54 Å². The number of hydrogen-bond acceptors (Lipinski definition) is 2. The minimum atomic E-state index is 0.323. The molecule has 94 valence electrons. The number of halogens is 2. The summed E-state index contributed by atoms with van der Waals surface area (Å²) in [6.07, 6.45) is 0. The Kier molecular flexibility index (Phi) is 5.67. The van der Waals surface area contributed by atoms with Gasteiger partial charge in [-0.15, -0.1) is 0 Å². The number of benzene rings is 1. The highest BCUT2D eigenvalue weighted by Gasteiger charge is 2.14. The maximum atomic E-state index is 6.14. The molecule has 0 saturated heterocycles. The molecule has 0 spiro atoms. The Hall–Kier alpha value is -0.350. The van der Waals surface area contributed by atoms with Gasteiger partial charge in [-0.2, -0.15) is 0 Å². The summed E-state index contributed by atoms with van der Waals surface area (Å²) < 4.78 is 0. The lowest BCUT2D eigenvalue weighted by Gasteiger charge is -2.26. The standard InChI is InChI=1S/C12H16Cl2N2S/c1-8(2)16(7-12(15)17)6-9-10(13)4-3-5-11(9)14/h3-5,8H,6-7H2,1-2H3,(H2,15,17). The van der Waals surface area contributed by atoms with E-state index in [0.29, 0.717) is 34.2 Å². The minimum absolute atomic E-state index is 0.323. The summed E-state index contributed by atoms with van der Waals surface area (Å²) in [4.78, 5) is 2.61. The third kappa shape index (κ3) is 4.43. The molecule has 2 nitrogen and oxygen atoms in total. The maximum Gasteiger partial charge on any atom is 0.0870 e. The largest absolute Gasteiger partial charge is 0.392 e. The van der Waals surface area contributed by atoms with Crippen LogP contribution < -0.4 is 5.73 Å². The van der Waals surface area contributed by atoms with Gasteiger partial charge in [0.05, 0.1) is 4.99 Å². The zero-order chi connectivity index (χ0) is 13.0. The lowest BCUT2D eigenvalue weighted by atomic mass is 10.2. The fraction of sp³-hybridized carbons (Fsp3) is 0.417. The molecule has 0 atom stereocenters. The summed E-state index contributed by atoms with van der Waals surface area (Å²) in [5.74, 6) is 0. The van der Waals surface area contributed by atoms with Gasteiger partial charge in [-0.25, -0.2) is 0 Å². The second-order valence-corrected chi connectivity index (χ2v) is 5.50. The molecule has 0 heterocycles. The first kappa shape index (κ1) is 14.7. The van der Waals surface area contributed by atoms with E-state index in [4.69, 9.17) is 41.2 Å². The van der Waals surface area contributed by atoms with Crippen molar-refractivity contribution < 1.29 is 0 Å². The van der Waals surface area contributed by atoms with Crippen molar-refractivity contribution in [3.8, 4) is 0 Å². The van der Waals surface area contributed by atoms with Crippen molar-refractivity contribution in [3.05, 3.63) is 33.8 Å². The molecule has 0 amide bonds. The number of nitrogens with zero attached hydrogens (tertiary/aromatic N) is 1. The van der Waals surface area contributed by atoms with Gasteiger partial charge in [0.25, 0.3) is 0 Å². The summed E-state index contributed by atoms with van der Waals surface area (Å²) >= 11 is 17.2. The Morgan fingerprint density at radius 2 is 1.88 bits per heavy atom. The highest BCUT2D eigenvalue weighted by molar-refractivity contribution is 7.80. The molecule has 0 aliphatic carbocycles. The number of rotatable bonds is 5. The molecule has 0 saturated carbocycles. The first-order valence-electron chi connectivity index (χ1n) is 5.37. The second-order valence-electron chi connectivity index (χ2n) is 4.17. The first-order valence-corrected chi connectivity index (χ1v) is 6.53. The third-order valence-electron chi connectivity index (χ3n) is 2.51. The van der Waals surface area contributed by atoms with E-state index in [0.717, 1.165) is 5.56 Å². The zero-order valence-electron chi connectivity index (χ0n) is 9.91. The SMILES string of the molecule is CC(C)N(CC(N)=S)Cc1c(Cl)cccc1Cl. The first-order chi connectivity index (χ1) is 7.91. The van der Waals surface area contributed by atoms with Crippen LogP contribution >= 0.6 is 35.4 Å². The smallest absolute Gasteiger partial charge is 0.0870 e. The molecule has 0 aromatic heterocycles. The van der Waals surface area contributed by atoms with Gasteiger partial charge in [0.1, 0.15) is 0 Å². The molecule has 17 heavy (non-hydrogen) atoms. The van der Waals surface area contributed by atoms with E-state index in [1.807, 2.05) is 18.2 Å². The summed E-state index contributed by atoms with van der Waals surface area (Å²) in [6, 6.07) is 5.83. The predicted molar refractivity (Wildman–Crippen MR) is 78.8 cm³/mol. The van der Waals surface area contributed by atoms with Crippen LogP contribution in [0, 0.1) is 0 Å². The van der Waals surface area contributed by atoms with E-state index in [-0.39, 0.29) is 0 Å². The molecular formula is C12H16Cl2N2S. The summed E-state index contributed by atoms with van der Waals surface area (Å²) in [5, 5.41) is 1.34. The van der Waals surface area contributed by atoms with Crippen LogP contribution in [0.1, 0.15) is 19.4 Å². The molecule has 0 aliphatic heterocycles. The molecule has 1 rings (SSSR count). The van der Waals surface area contributed by atoms with Crippen LogP contribution in [0.2, 0.25) is 10.0 Å². The highest BCUT2D eigenvalue weighted by atomic mass is 35.5. The Morgan fingerprint density at radius 3 is 2.29 bits per heavy atom. The average molecular weight is 291 g/mol. The van der Waals surface area contributed by atoms with Crippen molar-refractivity contribution in [3.63, 3.8) is 0 Å². The number of thiocarbonyl (C=S) groups is 1. The van der Waals surface area contributed by atoms with E-state index < -0.39 is 0 Å². The van der Waals surface area contributed by atoms with Crippen molar-refractivity contribution >= 4 is 40.4 Å². The molecular weight excluding hydrogens is 275 g/mol. The highest BCUT2D eigenvalue weighted by Crippen LogP contribution is 2.26. The van der Waals surface area contributed by atoms with Gasteiger partial charge < -0.3 is 5.73 Å². The molecule has 0 aliphatic rings. The molecule has 1 aromatic carbocycles. The number of hydrogen-bond donors (Lipinski definition) is 1. The van der Waals surface area contributed by atoms with Crippen LogP contribution in [0.3, 0.4) is 0 Å². The normalized spacial score (nSPS) is 11.2. The Bertz CT molecular complexity index is 387. The molecule has 5 heteroatoms. The van der Waals surface area contributed by atoms with Gasteiger partial charge in [-0.05, 0) is 26.0 Å². The van der Waals surface area contributed by atoms with Crippen LogP contribution in [0.15, 0.2) is 18.2 Å². The van der Waals surface area contributed by atoms with Gasteiger partial charge >= 0.3 is 0 Å². The predicted octanol–water partition coefficient (Wildman–Crippen LogP) is 3.49. The lowest BCUT2D eigenvalue weighted by Crippen LogP contribution is -2.37. The van der Waals surface area contributed by atoms with E-state index in [9.17, 15) is 0 Å². The van der Waals surface area contributed by atoms with Crippen molar-refractivity contribution in [2.24, 2.45) is 5.73 Å². The van der Waals surface area contributed by atoms with E-state index >= 15 is 0 Å². The van der Waals surface area contributed by atoms with Crippen LogP contribution in [0.25, 0.3) is 0 Å². The van der Waals surface area contributed by atoms with Crippen LogP contribution in [0.4, 0.5) is 0 Å². The molecule has 1 aromatic rings.